The Hall–Kier alpha value is -0.620. The van der Waals surface area contributed by atoms with Crippen LogP contribution >= 0.6 is 0 Å². The molecular weight excluding hydrogens is 324 g/mol. The van der Waals surface area contributed by atoms with Gasteiger partial charge in [-0.3, -0.25) is 0 Å². The number of allylic oxidation sites excluding steroid dienone is 1. The quantitative estimate of drug-likeness (QED) is 0.564. The fourth-order valence-electron chi connectivity index (χ4n) is 3.78. The normalized spacial score (nSPS) is 32.8. The van der Waals surface area contributed by atoms with Gasteiger partial charge in [0.15, 0.2) is 5.83 Å². The van der Waals surface area contributed by atoms with E-state index in [0.717, 1.165) is 24.7 Å². The number of rotatable bonds is 6. The van der Waals surface area contributed by atoms with Gasteiger partial charge in [0.05, 0.1) is 19.3 Å². The summed E-state index contributed by atoms with van der Waals surface area (Å²) in [7, 11) is 0. The van der Waals surface area contributed by atoms with Crippen LogP contribution in [0.25, 0.3) is 0 Å². The zero-order valence-corrected chi connectivity index (χ0v) is 14.3. The fourth-order valence-corrected chi connectivity index (χ4v) is 3.78. The van der Waals surface area contributed by atoms with Crippen LogP contribution in [-0.4, -0.2) is 25.7 Å². The average molecular weight is 352 g/mol. The molecule has 0 N–H and O–H groups in total. The van der Waals surface area contributed by atoms with Gasteiger partial charge in [0.2, 0.25) is 6.29 Å². The van der Waals surface area contributed by atoms with Gasteiger partial charge in [0, 0.05) is 5.92 Å². The summed E-state index contributed by atoms with van der Waals surface area (Å²) in [6, 6.07) is 0. The summed E-state index contributed by atoms with van der Waals surface area (Å²) in [6.07, 6.45) is 3.18. The molecule has 2 rings (SSSR count). The van der Waals surface area contributed by atoms with E-state index in [1.165, 1.54) is 38.5 Å². The predicted octanol–water partition coefficient (Wildman–Crippen LogP) is 5.78. The van der Waals surface area contributed by atoms with Crippen LogP contribution in [0.5, 0.6) is 0 Å². The highest BCUT2D eigenvalue weighted by atomic mass is 19.4. The van der Waals surface area contributed by atoms with E-state index in [1.807, 2.05) is 0 Å². The van der Waals surface area contributed by atoms with E-state index in [2.05, 4.69) is 6.92 Å². The highest BCUT2D eigenvalue weighted by molar-refractivity contribution is 5.00. The highest BCUT2D eigenvalue weighted by Gasteiger charge is 2.32. The largest absolute Gasteiger partial charge is 0.412 e. The summed E-state index contributed by atoms with van der Waals surface area (Å²) in [5, 5.41) is 0. The molecule has 1 saturated carbocycles. The Morgan fingerprint density at radius 1 is 0.917 bits per heavy atom. The topological polar surface area (TPSA) is 18.5 Å². The summed E-state index contributed by atoms with van der Waals surface area (Å²) in [5.41, 5.74) is 0. The summed E-state index contributed by atoms with van der Waals surface area (Å²) >= 11 is 0. The van der Waals surface area contributed by atoms with Crippen molar-refractivity contribution >= 4 is 0 Å². The minimum atomic E-state index is -4.69. The Morgan fingerprint density at radius 2 is 1.42 bits per heavy atom. The minimum Gasteiger partial charge on any atom is -0.346 e. The number of ether oxygens (including phenoxy) is 2. The molecule has 0 aromatic rings. The van der Waals surface area contributed by atoms with Gasteiger partial charge in [-0.25, -0.2) is 4.39 Å². The van der Waals surface area contributed by atoms with Crippen molar-refractivity contribution in [2.24, 2.45) is 17.8 Å². The molecule has 1 heterocycles. The second kappa shape index (κ2) is 9.18. The number of hydrogen-bond donors (Lipinski definition) is 0. The Labute approximate surface area is 141 Å². The average Bonchev–Trinajstić information content (AvgIpc) is 2.53. The number of alkyl halides is 3. The molecule has 2 nitrogen and oxygen atoms in total. The van der Waals surface area contributed by atoms with Gasteiger partial charge in [-0.2, -0.15) is 13.2 Å². The maximum Gasteiger partial charge on any atom is 0.412 e. The molecule has 1 aliphatic heterocycles. The molecular formula is C18H28F4O2. The molecule has 0 bridgehead atoms. The Morgan fingerprint density at radius 3 is 1.92 bits per heavy atom. The SMILES string of the molecule is CCCC1CCC(CCC2COC(C(F)=CC(F)(F)F)OC2)CC1. The lowest BCUT2D eigenvalue weighted by molar-refractivity contribution is -0.191. The van der Waals surface area contributed by atoms with Crippen molar-refractivity contribution in [3.05, 3.63) is 11.9 Å². The minimum absolute atomic E-state index is 0.147. The van der Waals surface area contributed by atoms with Crippen molar-refractivity contribution in [1.82, 2.24) is 0 Å². The van der Waals surface area contributed by atoms with E-state index in [9.17, 15) is 17.6 Å². The van der Waals surface area contributed by atoms with E-state index in [4.69, 9.17) is 9.47 Å². The molecule has 1 saturated heterocycles. The first-order chi connectivity index (χ1) is 11.4. The van der Waals surface area contributed by atoms with Gasteiger partial charge in [-0.1, -0.05) is 51.9 Å². The molecule has 140 valence electrons. The van der Waals surface area contributed by atoms with Gasteiger partial charge in [0.1, 0.15) is 0 Å². The molecule has 0 spiro atoms. The van der Waals surface area contributed by atoms with E-state index in [-0.39, 0.29) is 19.1 Å². The van der Waals surface area contributed by atoms with Crippen LogP contribution in [0, 0.1) is 17.8 Å². The summed E-state index contributed by atoms with van der Waals surface area (Å²) in [5.74, 6) is 0.359. The Bertz CT molecular complexity index is 392. The lowest BCUT2D eigenvalue weighted by Gasteiger charge is -2.32. The molecule has 0 atom stereocenters. The second-order valence-corrected chi connectivity index (χ2v) is 7.19. The van der Waals surface area contributed by atoms with Crippen molar-refractivity contribution in [2.75, 3.05) is 13.2 Å². The molecule has 0 aromatic heterocycles. The smallest absolute Gasteiger partial charge is 0.346 e. The summed E-state index contributed by atoms with van der Waals surface area (Å²) in [4.78, 5) is 0. The van der Waals surface area contributed by atoms with E-state index in [1.54, 1.807) is 0 Å². The third-order valence-corrected chi connectivity index (χ3v) is 5.14. The first kappa shape index (κ1) is 19.7. The zero-order valence-electron chi connectivity index (χ0n) is 14.3. The first-order valence-electron chi connectivity index (χ1n) is 9.05. The molecule has 24 heavy (non-hydrogen) atoms. The monoisotopic (exact) mass is 352 g/mol. The third kappa shape index (κ3) is 6.71. The number of halogens is 4. The van der Waals surface area contributed by atoms with Crippen molar-refractivity contribution < 1.29 is 27.0 Å². The van der Waals surface area contributed by atoms with Crippen LogP contribution in [0.15, 0.2) is 11.9 Å². The second-order valence-electron chi connectivity index (χ2n) is 7.19. The fraction of sp³-hybridized carbons (Fsp3) is 0.889. The third-order valence-electron chi connectivity index (χ3n) is 5.14. The maximum atomic E-state index is 13.4. The molecule has 1 aliphatic carbocycles. The van der Waals surface area contributed by atoms with E-state index in [0.29, 0.717) is 0 Å². The van der Waals surface area contributed by atoms with Gasteiger partial charge in [-0.05, 0) is 18.3 Å². The standard InChI is InChI=1S/C18H28F4O2/c1-2-3-13-4-6-14(7-5-13)8-9-15-11-23-17(24-12-15)16(19)10-18(20,21)22/h10,13-15,17H,2-9,11-12H2,1H3. The van der Waals surface area contributed by atoms with Gasteiger partial charge in [0.25, 0.3) is 0 Å². The van der Waals surface area contributed by atoms with E-state index < -0.39 is 24.4 Å². The Balaban J connectivity index is 1.64. The molecule has 2 aliphatic rings. The van der Waals surface area contributed by atoms with Crippen LogP contribution in [0.2, 0.25) is 0 Å². The first-order valence-corrected chi connectivity index (χ1v) is 9.05. The van der Waals surface area contributed by atoms with Crippen molar-refractivity contribution in [3.8, 4) is 0 Å². The number of hydrogen-bond acceptors (Lipinski definition) is 2. The van der Waals surface area contributed by atoms with Gasteiger partial charge >= 0.3 is 6.18 Å². The Kier molecular flexibility index (Phi) is 7.54. The lowest BCUT2D eigenvalue weighted by Crippen LogP contribution is -2.33. The summed E-state index contributed by atoms with van der Waals surface area (Å²) < 4.78 is 60.0. The van der Waals surface area contributed by atoms with E-state index >= 15 is 0 Å². The van der Waals surface area contributed by atoms with Gasteiger partial charge in [-0.15, -0.1) is 0 Å². The van der Waals surface area contributed by atoms with Crippen LogP contribution in [-0.2, 0) is 9.47 Å². The molecule has 0 radical (unpaired) electrons. The summed E-state index contributed by atoms with van der Waals surface area (Å²) in [6.45, 7) is 2.75. The van der Waals surface area contributed by atoms with Crippen molar-refractivity contribution in [3.63, 3.8) is 0 Å². The van der Waals surface area contributed by atoms with Crippen LogP contribution in [0.3, 0.4) is 0 Å². The molecule has 0 unspecified atom stereocenters. The molecule has 2 fully saturated rings. The van der Waals surface area contributed by atoms with Crippen molar-refractivity contribution in [1.29, 1.82) is 0 Å². The molecule has 0 amide bonds. The molecule has 6 heteroatoms. The van der Waals surface area contributed by atoms with Crippen LogP contribution < -0.4 is 0 Å². The zero-order chi connectivity index (χ0) is 17.6. The van der Waals surface area contributed by atoms with Crippen LogP contribution in [0.4, 0.5) is 17.6 Å². The lowest BCUT2D eigenvalue weighted by atomic mass is 9.77. The molecule has 0 aromatic carbocycles. The highest BCUT2D eigenvalue weighted by Crippen LogP contribution is 2.35. The maximum absolute atomic E-state index is 13.4. The van der Waals surface area contributed by atoms with Gasteiger partial charge < -0.3 is 9.47 Å². The predicted molar refractivity (Wildman–Crippen MR) is 84.0 cm³/mol. The van der Waals surface area contributed by atoms with Crippen molar-refractivity contribution in [2.45, 2.75) is 70.8 Å². The van der Waals surface area contributed by atoms with Crippen LogP contribution in [0.1, 0.15) is 58.3 Å².